The summed E-state index contributed by atoms with van der Waals surface area (Å²) in [6.45, 7) is 9.22. The summed E-state index contributed by atoms with van der Waals surface area (Å²) in [6, 6.07) is 16.8. The van der Waals surface area contributed by atoms with Crippen molar-refractivity contribution in [1.29, 1.82) is 0 Å². The zero-order valence-electron chi connectivity index (χ0n) is 27.6. The van der Waals surface area contributed by atoms with Crippen LogP contribution in [0, 0.1) is 50.1 Å². The SMILES string of the molecule is C#CC#CC#COc1cc(C)c(OCCCCCC)cc1-c1ccc2c(c1)P(=O)(CCCCCCCCC)c1cc(C)ccc1-2. The molecule has 4 heteroatoms. The van der Waals surface area contributed by atoms with Crippen LogP contribution in [-0.2, 0) is 4.57 Å². The lowest BCUT2D eigenvalue weighted by Gasteiger charge is -2.18. The minimum absolute atomic E-state index is 0.606. The van der Waals surface area contributed by atoms with E-state index in [1.165, 1.54) is 44.9 Å². The maximum absolute atomic E-state index is 15.1. The number of fused-ring (bicyclic) bond motifs is 3. The molecule has 3 aromatic carbocycles. The Bertz CT molecular complexity index is 1690. The standard InChI is InChI=1S/C41H47O3P/c1-6-9-12-15-16-17-20-27-45(42)40-28-32(4)21-23-35(40)36-24-22-34(30-41(36)45)37-31-38(43-25-18-13-10-7-2)33(5)29-39(37)44-26-19-14-11-8-3/h3,21-24,28-31H,6-7,9-10,12-13,15-18,20,25,27H2,1-2,4-5H3. The van der Waals surface area contributed by atoms with Gasteiger partial charge in [0.05, 0.1) is 6.61 Å². The molecule has 3 nitrogen and oxygen atoms in total. The Morgan fingerprint density at radius 3 is 2.09 bits per heavy atom. The van der Waals surface area contributed by atoms with E-state index in [0.717, 1.165) is 75.4 Å². The minimum atomic E-state index is -2.82. The number of ether oxygens (including phenoxy) is 2. The van der Waals surface area contributed by atoms with Crippen molar-refractivity contribution < 1.29 is 14.0 Å². The fourth-order valence-corrected chi connectivity index (χ4v) is 9.41. The van der Waals surface area contributed by atoms with E-state index >= 15 is 4.57 Å². The molecule has 4 rings (SSSR count). The van der Waals surface area contributed by atoms with Crippen molar-refractivity contribution in [1.82, 2.24) is 0 Å². The van der Waals surface area contributed by atoms with Crippen molar-refractivity contribution in [2.24, 2.45) is 0 Å². The topological polar surface area (TPSA) is 35.5 Å². The van der Waals surface area contributed by atoms with E-state index in [1.54, 1.807) is 0 Å². The summed E-state index contributed by atoms with van der Waals surface area (Å²) < 4.78 is 27.3. The van der Waals surface area contributed by atoms with Gasteiger partial charge in [-0.15, -0.1) is 6.42 Å². The number of hydrogen-bond donors (Lipinski definition) is 0. The van der Waals surface area contributed by atoms with E-state index in [-0.39, 0.29) is 0 Å². The number of terminal acetylenes is 1. The molecule has 0 saturated carbocycles. The van der Waals surface area contributed by atoms with Crippen LogP contribution in [0.2, 0.25) is 0 Å². The van der Waals surface area contributed by atoms with E-state index in [0.29, 0.717) is 18.5 Å². The molecule has 1 aliphatic heterocycles. The molecule has 1 unspecified atom stereocenters. The van der Waals surface area contributed by atoms with Crippen LogP contribution in [0.4, 0.5) is 0 Å². The van der Waals surface area contributed by atoms with Gasteiger partial charge in [0.25, 0.3) is 0 Å². The molecule has 0 aromatic heterocycles. The number of rotatable bonds is 16. The van der Waals surface area contributed by atoms with Gasteiger partial charge < -0.3 is 14.0 Å². The second-order valence-electron chi connectivity index (χ2n) is 12.1. The minimum Gasteiger partial charge on any atom is -0.493 e. The van der Waals surface area contributed by atoms with E-state index in [2.05, 4.69) is 87.0 Å². The fourth-order valence-electron chi connectivity index (χ4n) is 6.07. The third-order valence-corrected chi connectivity index (χ3v) is 11.8. The average molecular weight is 619 g/mol. The van der Waals surface area contributed by atoms with Crippen molar-refractivity contribution in [3.63, 3.8) is 0 Å². The van der Waals surface area contributed by atoms with Crippen LogP contribution in [0.3, 0.4) is 0 Å². The summed E-state index contributed by atoms with van der Waals surface area (Å²) >= 11 is 0. The van der Waals surface area contributed by atoms with Crippen molar-refractivity contribution in [3.05, 3.63) is 59.7 Å². The lowest BCUT2D eigenvalue weighted by molar-refractivity contribution is 0.303. The first kappa shape index (κ1) is 34.1. The van der Waals surface area contributed by atoms with Gasteiger partial charge in [0.2, 0.25) is 0 Å². The molecule has 0 aliphatic carbocycles. The summed E-state index contributed by atoms with van der Waals surface area (Å²) in [5.41, 5.74) is 6.06. The summed E-state index contributed by atoms with van der Waals surface area (Å²) in [5, 5.41) is 1.96. The van der Waals surface area contributed by atoms with Crippen LogP contribution in [0.25, 0.3) is 22.3 Å². The van der Waals surface area contributed by atoms with Crippen LogP contribution >= 0.6 is 7.14 Å². The highest BCUT2D eigenvalue weighted by atomic mass is 31.2. The third kappa shape index (κ3) is 8.67. The van der Waals surface area contributed by atoms with Gasteiger partial charge in [0.15, 0.2) is 0 Å². The molecule has 0 amide bonds. The Kier molecular flexibility index (Phi) is 12.9. The summed E-state index contributed by atoms with van der Waals surface area (Å²) in [6.07, 6.45) is 21.5. The first-order valence-electron chi connectivity index (χ1n) is 16.7. The first-order chi connectivity index (χ1) is 21.9. The molecule has 0 radical (unpaired) electrons. The van der Waals surface area contributed by atoms with Gasteiger partial charge in [0.1, 0.15) is 24.7 Å². The smallest absolute Gasteiger partial charge is 0.148 e. The molecular weight excluding hydrogens is 571 g/mol. The van der Waals surface area contributed by atoms with Gasteiger partial charge in [-0.3, -0.25) is 0 Å². The highest BCUT2D eigenvalue weighted by Gasteiger charge is 2.38. The maximum atomic E-state index is 15.1. The fraction of sp³-hybridized carbons (Fsp3) is 0.415. The Morgan fingerprint density at radius 2 is 1.36 bits per heavy atom. The summed E-state index contributed by atoms with van der Waals surface area (Å²) in [7, 11) is -2.82. The first-order valence-corrected chi connectivity index (χ1v) is 18.6. The quantitative estimate of drug-likeness (QED) is 0.0911. The van der Waals surface area contributed by atoms with Crippen LogP contribution < -0.4 is 20.1 Å². The molecular formula is C41H47O3P. The van der Waals surface area contributed by atoms with Crippen molar-refractivity contribution in [2.75, 3.05) is 12.8 Å². The second kappa shape index (κ2) is 17.0. The number of aryl methyl sites for hydroxylation is 2. The summed E-state index contributed by atoms with van der Waals surface area (Å²) in [5.74, 6) is 11.4. The van der Waals surface area contributed by atoms with Crippen LogP contribution in [0.15, 0.2) is 48.5 Å². The number of hydrogen-bond acceptors (Lipinski definition) is 3. The van der Waals surface area contributed by atoms with Gasteiger partial charge in [-0.25, -0.2) is 0 Å². The molecule has 0 N–H and O–H groups in total. The molecule has 1 heterocycles. The van der Waals surface area contributed by atoms with Crippen molar-refractivity contribution >= 4 is 17.8 Å². The molecule has 1 atom stereocenters. The number of benzene rings is 3. The highest BCUT2D eigenvalue weighted by Crippen LogP contribution is 2.54. The number of unbranched alkanes of at least 4 members (excludes halogenated alkanes) is 9. The lowest BCUT2D eigenvalue weighted by atomic mass is 9.98. The zero-order chi connectivity index (χ0) is 32.1. The molecule has 1 aliphatic rings. The Labute approximate surface area is 271 Å². The Balaban J connectivity index is 1.71. The summed E-state index contributed by atoms with van der Waals surface area (Å²) in [4.78, 5) is 0. The van der Waals surface area contributed by atoms with Gasteiger partial charge in [-0.05, 0) is 85.0 Å². The third-order valence-electron chi connectivity index (χ3n) is 8.55. The normalized spacial score (nSPS) is 14.3. The molecule has 0 spiro atoms. The Morgan fingerprint density at radius 1 is 0.689 bits per heavy atom. The Hall–Kier alpha value is -3.83. The largest absolute Gasteiger partial charge is 0.493 e. The van der Waals surface area contributed by atoms with E-state index in [4.69, 9.17) is 15.9 Å². The molecule has 45 heavy (non-hydrogen) atoms. The second-order valence-corrected chi connectivity index (χ2v) is 15.0. The van der Waals surface area contributed by atoms with Gasteiger partial charge >= 0.3 is 0 Å². The van der Waals surface area contributed by atoms with E-state index in [9.17, 15) is 0 Å². The molecule has 0 saturated heterocycles. The maximum Gasteiger partial charge on any atom is 0.148 e. The average Bonchev–Trinajstić information content (AvgIpc) is 3.28. The van der Waals surface area contributed by atoms with E-state index < -0.39 is 7.14 Å². The highest BCUT2D eigenvalue weighted by molar-refractivity contribution is 7.80. The molecule has 0 bridgehead atoms. The lowest BCUT2D eigenvalue weighted by Crippen LogP contribution is -2.14. The molecule has 0 fully saturated rings. The zero-order valence-corrected chi connectivity index (χ0v) is 28.5. The van der Waals surface area contributed by atoms with Gasteiger partial charge in [-0.1, -0.05) is 101 Å². The predicted octanol–water partition coefficient (Wildman–Crippen LogP) is 9.95. The van der Waals surface area contributed by atoms with E-state index in [1.807, 2.05) is 19.1 Å². The van der Waals surface area contributed by atoms with Crippen molar-refractivity contribution in [2.45, 2.75) is 98.3 Å². The van der Waals surface area contributed by atoms with Crippen LogP contribution in [-0.4, -0.2) is 12.8 Å². The monoisotopic (exact) mass is 618 g/mol. The molecule has 3 aromatic rings. The van der Waals surface area contributed by atoms with Crippen LogP contribution in [0.5, 0.6) is 11.5 Å². The van der Waals surface area contributed by atoms with Crippen molar-refractivity contribution in [3.8, 4) is 70.0 Å². The molecule has 234 valence electrons. The van der Waals surface area contributed by atoms with Gasteiger partial charge in [-0.2, -0.15) is 0 Å². The predicted molar refractivity (Wildman–Crippen MR) is 191 cm³/mol. The van der Waals surface area contributed by atoms with Gasteiger partial charge in [0, 0.05) is 34.2 Å². The van der Waals surface area contributed by atoms with Crippen LogP contribution in [0.1, 0.15) is 95.6 Å².